The van der Waals surface area contributed by atoms with Gasteiger partial charge in [0.2, 0.25) is 11.8 Å². The summed E-state index contributed by atoms with van der Waals surface area (Å²) in [6, 6.07) is 0. The Balaban J connectivity index is 3.15. The highest BCUT2D eigenvalue weighted by atomic mass is 16.1. The Morgan fingerprint density at radius 1 is 0.280 bits per heavy atom. The molecule has 0 heterocycles. The molecule has 0 radical (unpaired) electrons. The normalized spacial score (nSPS) is 11.6. The molecule has 298 valence electrons. The summed E-state index contributed by atoms with van der Waals surface area (Å²) in [5, 5.41) is 0. The van der Waals surface area contributed by atoms with E-state index in [9.17, 15) is 9.59 Å². The molecule has 0 rings (SSSR count). The molecule has 0 aliphatic rings. The van der Waals surface area contributed by atoms with Crippen molar-refractivity contribution in [2.45, 2.75) is 277 Å². The molecule has 0 aromatic rings. The molecule has 4 N–H and O–H groups in total. The molecule has 0 unspecified atom stereocenters. The second-order valence-corrected chi connectivity index (χ2v) is 16.6. The fourth-order valence-corrected chi connectivity index (χ4v) is 7.74. The number of carbonyl (C=O) groups is 2. The molecule has 0 saturated carbocycles. The number of carbonyl (C=O) groups excluding carboxylic acids is 2. The van der Waals surface area contributed by atoms with Crippen molar-refractivity contribution in [1.29, 1.82) is 0 Å². The van der Waals surface area contributed by atoms with Crippen LogP contribution in [-0.4, -0.2) is 11.8 Å². The number of nitrogens with two attached hydrogens (primary N) is 2. The Morgan fingerprint density at radius 3 is 0.580 bits per heavy atom. The lowest BCUT2D eigenvalue weighted by atomic mass is 9.95. The minimum absolute atomic E-state index is 0.150. The SMILES string of the molecule is CC(CCCCCCCCCCCCCCCCCCCCCC(N)=O)CCCCCCCCCCCCCCCCCCCCCC(N)=O. The van der Waals surface area contributed by atoms with Crippen molar-refractivity contribution >= 4 is 11.8 Å². The Hall–Kier alpha value is -1.06. The molecule has 0 atom stereocenters. The lowest BCUT2D eigenvalue weighted by Gasteiger charge is -2.11. The van der Waals surface area contributed by atoms with Crippen LogP contribution in [0.4, 0.5) is 0 Å². The Labute approximate surface area is 314 Å². The number of amides is 2. The lowest BCUT2D eigenvalue weighted by molar-refractivity contribution is -0.119. The van der Waals surface area contributed by atoms with Gasteiger partial charge in [0.15, 0.2) is 0 Å². The topological polar surface area (TPSA) is 86.2 Å². The molecule has 0 aromatic carbocycles. The molecule has 0 aliphatic carbocycles. The molecule has 0 spiro atoms. The van der Waals surface area contributed by atoms with Gasteiger partial charge >= 0.3 is 0 Å². The summed E-state index contributed by atoms with van der Waals surface area (Å²) in [4.78, 5) is 21.5. The highest BCUT2D eigenvalue weighted by Crippen LogP contribution is 2.20. The molecule has 4 heteroatoms. The highest BCUT2D eigenvalue weighted by Gasteiger charge is 2.03. The van der Waals surface area contributed by atoms with Crippen LogP contribution in [0.5, 0.6) is 0 Å². The first-order valence-corrected chi connectivity index (χ1v) is 23.1. The highest BCUT2D eigenvalue weighted by molar-refractivity contribution is 5.73. The van der Waals surface area contributed by atoms with Gasteiger partial charge < -0.3 is 11.5 Å². The van der Waals surface area contributed by atoms with E-state index in [4.69, 9.17) is 11.5 Å². The molecule has 2 amide bonds. The van der Waals surface area contributed by atoms with Crippen LogP contribution < -0.4 is 11.5 Å². The lowest BCUT2D eigenvalue weighted by Crippen LogP contribution is -2.09. The molecule has 50 heavy (non-hydrogen) atoms. The van der Waals surface area contributed by atoms with Crippen LogP contribution in [0.15, 0.2) is 0 Å². The van der Waals surface area contributed by atoms with Gasteiger partial charge in [-0.15, -0.1) is 0 Å². The summed E-state index contributed by atoms with van der Waals surface area (Å²) >= 11 is 0. The summed E-state index contributed by atoms with van der Waals surface area (Å²) < 4.78 is 0. The summed E-state index contributed by atoms with van der Waals surface area (Å²) in [5.74, 6) is 0.636. The third-order valence-corrected chi connectivity index (χ3v) is 11.2. The largest absolute Gasteiger partial charge is 0.370 e. The maximum atomic E-state index is 10.7. The molecule has 0 saturated heterocycles. The Kier molecular flexibility index (Phi) is 41.5. The van der Waals surface area contributed by atoms with Crippen LogP contribution >= 0.6 is 0 Å². The average Bonchev–Trinajstić information content (AvgIpc) is 3.09. The molecule has 0 aromatic heterocycles. The van der Waals surface area contributed by atoms with E-state index >= 15 is 0 Å². The zero-order valence-corrected chi connectivity index (χ0v) is 34.2. The van der Waals surface area contributed by atoms with Gasteiger partial charge in [-0.05, 0) is 18.8 Å². The van der Waals surface area contributed by atoms with Gasteiger partial charge in [-0.2, -0.15) is 0 Å². The Morgan fingerprint density at radius 2 is 0.420 bits per heavy atom. The van der Waals surface area contributed by atoms with E-state index in [0.717, 1.165) is 31.6 Å². The maximum Gasteiger partial charge on any atom is 0.217 e. The number of unbranched alkanes of at least 4 members (excludes halogenated alkanes) is 36. The fourth-order valence-electron chi connectivity index (χ4n) is 7.74. The van der Waals surface area contributed by atoms with E-state index in [1.807, 2.05) is 0 Å². The van der Waals surface area contributed by atoms with E-state index in [2.05, 4.69) is 6.92 Å². The van der Waals surface area contributed by atoms with E-state index in [1.54, 1.807) is 0 Å². The predicted molar refractivity (Wildman–Crippen MR) is 221 cm³/mol. The summed E-state index contributed by atoms with van der Waals surface area (Å²) in [6.07, 6.45) is 56.7. The average molecular weight is 705 g/mol. The van der Waals surface area contributed by atoms with Gasteiger partial charge in [0.1, 0.15) is 0 Å². The monoisotopic (exact) mass is 705 g/mol. The van der Waals surface area contributed by atoms with Crippen LogP contribution in [0, 0.1) is 5.92 Å². The van der Waals surface area contributed by atoms with Crippen molar-refractivity contribution in [3.63, 3.8) is 0 Å². The standard InChI is InChI=1S/C46H92N2O2/c1-44(40-36-32-28-24-20-16-12-8-4-2-6-10-14-18-22-26-30-34-38-42-45(47)49)41-37-33-29-25-21-17-13-9-5-3-7-11-15-19-23-27-31-35-39-43-46(48)50/h44H,2-43H2,1H3,(H2,47,49)(H2,48,50). The zero-order chi connectivity index (χ0) is 36.4. The third kappa shape index (κ3) is 45.0. The third-order valence-electron chi connectivity index (χ3n) is 11.2. The van der Waals surface area contributed by atoms with Crippen molar-refractivity contribution in [1.82, 2.24) is 0 Å². The van der Waals surface area contributed by atoms with Gasteiger partial charge in [0.05, 0.1) is 0 Å². The van der Waals surface area contributed by atoms with Gasteiger partial charge in [-0.25, -0.2) is 0 Å². The summed E-state index contributed by atoms with van der Waals surface area (Å²) in [5.41, 5.74) is 10.4. The van der Waals surface area contributed by atoms with E-state index in [-0.39, 0.29) is 11.8 Å². The number of primary amides is 2. The van der Waals surface area contributed by atoms with Crippen LogP contribution in [-0.2, 0) is 9.59 Å². The van der Waals surface area contributed by atoms with E-state index in [1.165, 1.54) is 231 Å². The quantitative estimate of drug-likeness (QED) is 0.0619. The first-order valence-electron chi connectivity index (χ1n) is 23.1. The van der Waals surface area contributed by atoms with Crippen molar-refractivity contribution in [3.8, 4) is 0 Å². The molecule has 4 nitrogen and oxygen atoms in total. The first kappa shape index (κ1) is 48.9. The van der Waals surface area contributed by atoms with Crippen LogP contribution in [0.2, 0.25) is 0 Å². The number of hydrogen-bond donors (Lipinski definition) is 2. The van der Waals surface area contributed by atoms with Crippen LogP contribution in [0.25, 0.3) is 0 Å². The van der Waals surface area contributed by atoms with Crippen LogP contribution in [0.3, 0.4) is 0 Å². The number of rotatable bonds is 44. The van der Waals surface area contributed by atoms with Gasteiger partial charge in [-0.1, -0.05) is 251 Å². The van der Waals surface area contributed by atoms with Crippen LogP contribution in [0.1, 0.15) is 277 Å². The molecule has 0 aliphatic heterocycles. The minimum Gasteiger partial charge on any atom is -0.370 e. The van der Waals surface area contributed by atoms with Gasteiger partial charge in [0.25, 0.3) is 0 Å². The van der Waals surface area contributed by atoms with E-state index < -0.39 is 0 Å². The minimum atomic E-state index is -0.150. The predicted octanol–water partition coefficient (Wildman–Crippen LogP) is 15.0. The summed E-state index contributed by atoms with van der Waals surface area (Å²) in [6.45, 7) is 2.50. The zero-order valence-electron chi connectivity index (χ0n) is 34.2. The fraction of sp³-hybridized carbons (Fsp3) is 0.957. The first-order chi connectivity index (χ1) is 24.5. The van der Waals surface area contributed by atoms with E-state index in [0.29, 0.717) is 12.8 Å². The molecular formula is C46H92N2O2. The summed E-state index contributed by atoms with van der Waals surface area (Å²) in [7, 11) is 0. The van der Waals surface area contributed by atoms with Crippen molar-refractivity contribution in [3.05, 3.63) is 0 Å². The molecule has 0 fully saturated rings. The smallest absolute Gasteiger partial charge is 0.217 e. The maximum absolute atomic E-state index is 10.7. The van der Waals surface area contributed by atoms with Crippen molar-refractivity contribution in [2.75, 3.05) is 0 Å². The molecular weight excluding hydrogens is 613 g/mol. The molecule has 0 bridgehead atoms. The van der Waals surface area contributed by atoms with Gasteiger partial charge in [-0.3, -0.25) is 9.59 Å². The Bertz CT molecular complexity index is 625. The van der Waals surface area contributed by atoms with Gasteiger partial charge in [0, 0.05) is 12.8 Å². The van der Waals surface area contributed by atoms with Crippen molar-refractivity contribution < 1.29 is 9.59 Å². The second kappa shape index (κ2) is 42.4. The second-order valence-electron chi connectivity index (χ2n) is 16.6. The number of hydrogen-bond acceptors (Lipinski definition) is 2. The van der Waals surface area contributed by atoms with Crippen molar-refractivity contribution in [2.24, 2.45) is 17.4 Å².